The minimum atomic E-state index is -0.360. The zero-order valence-corrected chi connectivity index (χ0v) is 19.4. The second-order valence-electron chi connectivity index (χ2n) is 6.86. The molecule has 0 saturated carbocycles. The molecule has 164 valence electrons. The number of hydrogen-bond acceptors (Lipinski definition) is 8. The van der Waals surface area contributed by atoms with Crippen molar-refractivity contribution in [3.05, 3.63) is 53.3 Å². The quantitative estimate of drug-likeness (QED) is 0.428. The molecule has 0 aliphatic heterocycles. The molecule has 0 fully saturated rings. The van der Waals surface area contributed by atoms with Gasteiger partial charge >= 0.3 is 0 Å². The number of nitrogens with zero attached hydrogens (tertiary/aromatic N) is 4. The van der Waals surface area contributed by atoms with Crippen molar-refractivity contribution in [2.45, 2.75) is 13.8 Å². The lowest BCUT2D eigenvalue weighted by Gasteiger charge is -2.13. The highest BCUT2D eigenvalue weighted by molar-refractivity contribution is 7.80. The number of hydrogen-bond donors (Lipinski definition) is 2. The highest BCUT2D eigenvalue weighted by Crippen LogP contribution is 2.29. The summed E-state index contributed by atoms with van der Waals surface area (Å²) >= 11 is 6.81. The summed E-state index contributed by atoms with van der Waals surface area (Å²) in [7, 11) is 3.05. The van der Waals surface area contributed by atoms with Gasteiger partial charge in [-0.25, -0.2) is 0 Å². The summed E-state index contributed by atoms with van der Waals surface area (Å²) < 4.78 is 12.2. The number of carbonyl (C=O) groups excluding carboxylic acids is 1. The fraction of sp³-hybridized carbons (Fsp3) is 0.190. The summed E-state index contributed by atoms with van der Waals surface area (Å²) in [6.45, 7) is 3.80. The van der Waals surface area contributed by atoms with Crippen LogP contribution in [0.25, 0.3) is 15.5 Å². The molecule has 2 N–H and O–H groups in total. The van der Waals surface area contributed by atoms with Crippen molar-refractivity contribution in [1.29, 1.82) is 0 Å². The van der Waals surface area contributed by atoms with Gasteiger partial charge in [0.1, 0.15) is 5.01 Å². The van der Waals surface area contributed by atoms with E-state index in [1.54, 1.807) is 22.7 Å². The lowest BCUT2D eigenvalue weighted by molar-refractivity contribution is 0.0977. The Kier molecular flexibility index (Phi) is 6.01. The van der Waals surface area contributed by atoms with Crippen LogP contribution in [0.3, 0.4) is 0 Å². The number of methoxy groups -OCH3 is 2. The van der Waals surface area contributed by atoms with Crippen LogP contribution in [0.2, 0.25) is 0 Å². The van der Waals surface area contributed by atoms with Gasteiger partial charge in [-0.1, -0.05) is 23.5 Å². The lowest BCUT2D eigenvalue weighted by atomic mass is 10.1. The second-order valence-corrected chi connectivity index (χ2v) is 8.22. The van der Waals surface area contributed by atoms with Gasteiger partial charge in [0.25, 0.3) is 5.91 Å². The number of nitrogens with one attached hydrogen (secondary N) is 2. The molecule has 0 unspecified atom stereocenters. The highest BCUT2D eigenvalue weighted by Gasteiger charge is 2.14. The first-order valence-corrected chi connectivity index (χ1v) is 10.8. The smallest absolute Gasteiger partial charge is 0.257 e. The molecule has 11 heteroatoms. The number of aryl methyl sites for hydroxylation is 2. The summed E-state index contributed by atoms with van der Waals surface area (Å²) in [6, 6.07) is 10.8. The molecule has 9 nitrogen and oxygen atoms in total. The van der Waals surface area contributed by atoms with E-state index in [-0.39, 0.29) is 11.0 Å². The van der Waals surface area contributed by atoms with Gasteiger partial charge in [0, 0.05) is 16.8 Å². The molecule has 2 aromatic carbocycles. The number of thiocarbonyl (C=S) groups is 1. The van der Waals surface area contributed by atoms with Crippen LogP contribution in [-0.4, -0.2) is 45.1 Å². The van der Waals surface area contributed by atoms with Crippen LogP contribution >= 0.6 is 23.6 Å². The van der Waals surface area contributed by atoms with Crippen molar-refractivity contribution in [2.75, 3.05) is 19.5 Å². The molecule has 0 bridgehead atoms. The van der Waals surface area contributed by atoms with Gasteiger partial charge in [-0.15, -0.1) is 10.2 Å². The summed E-state index contributed by atoms with van der Waals surface area (Å²) in [4.78, 5) is 13.4. The van der Waals surface area contributed by atoms with Crippen molar-refractivity contribution in [3.63, 3.8) is 0 Å². The number of ether oxygens (including phenoxy) is 2. The maximum atomic E-state index is 12.6. The van der Waals surface area contributed by atoms with Crippen LogP contribution in [-0.2, 0) is 0 Å². The summed E-state index contributed by atoms with van der Waals surface area (Å²) in [6.07, 6.45) is 0. The Morgan fingerprint density at radius 2 is 1.84 bits per heavy atom. The lowest BCUT2D eigenvalue weighted by Crippen LogP contribution is -2.34. The van der Waals surface area contributed by atoms with E-state index in [4.69, 9.17) is 21.7 Å². The number of anilines is 1. The van der Waals surface area contributed by atoms with Gasteiger partial charge in [0.05, 0.1) is 14.2 Å². The maximum Gasteiger partial charge on any atom is 0.257 e. The van der Waals surface area contributed by atoms with Crippen molar-refractivity contribution in [3.8, 4) is 22.1 Å². The van der Waals surface area contributed by atoms with E-state index in [1.165, 1.54) is 25.6 Å². The molecule has 0 spiro atoms. The van der Waals surface area contributed by atoms with Crippen molar-refractivity contribution >= 4 is 45.2 Å². The molecule has 32 heavy (non-hydrogen) atoms. The Balaban J connectivity index is 1.50. The number of rotatable bonds is 5. The molecule has 4 rings (SSSR count). The molecule has 4 aromatic rings. The van der Waals surface area contributed by atoms with Gasteiger partial charge in [-0.05, 0) is 55.9 Å². The van der Waals surface area contributed by atoms with E-state index in [9.17, 15) is 4.79 Å². The predicted molar refractivity (Wildman–Crippen MR) is 127 cm³/mol. The Hall–Kier alpha value is -3.57. The van der Waals surface area contributed by atoms with Gasteiger partial charge in [0.2, 0.25) is 4.96 Å². The van der Waals surface area contributed by atoms with Gasteiger partial charge in [0.15, 0.2) is 22.4 Å². The average molecular weight is 469 g/mol. The normalized spacial score (nSPS) is 10.8. The van der Waals surface area contributed by atoms with Crippen molar-refractivity contribution < 1.29 is 14.3 Å². The Labute approximate surface area is 193 Å². The maximum absolute atomic E-state index is 12.6. The van der Waals surface area contributed by atoms with E-state index in [0.717, 1.165) is 32.6 Å². The second kappa shape index (κ2) is 8.89. The molecule has 2 heterocycles. The van der Waals surface area contributed by atoms with Crippen LogP contribution in [0.4, 0.5) is 5.69 Å². The van der Waals surface area contributed by atoms with Gasteiger partial charge < -0.3 is 14.8 Å². The van der Waals surface area contributed by atoms with Crippen molar-refractivity contribution in [1.82, 2.24) is 25.1 Å². The van der Waals surface area contributed by atoms with E-state index >= 15 is 0 Å². The zero-order chi connectivity index (χ0) is 22.8. The Bertz CT molecular complexity index is 1330. The predicted octanol–water partition coefficient (Wildman–Crippen LogP) is 3.61. The summed E-state index contributed by atoms with van der Waals surface area (Å²) in [5.41, 5.74) is 3.04. The third-order valence-electron chi connectivity index (χ3n) is 4.75. The van der Waals surface area contributed by atoms with E-state index < -0.39 is 0 Å². The largest absolute Gasteiger partial charge is 0.493 e. The SMILES string of the molecule is COc1ccc(C(=O)NC(=S)Nc2cc(-c3nn4c(C)nnc4s3)ccc2C)cc1OC. The monoisotopic (exact) mass is 468 g/mol. The molecule has 0 atom stereocenters. The first kappa shape index (κ1) is 21.7. The number of amides is 1. The third-order valence-corrected chi connectivity index (χ3v) is 5.90. The van der Waals surface area contributed by atoms with E-state index in [1.807, 2.05) is 32.0 Å². The van der Waals surface area contributed by atoms with E-state index in [0.29, 0.717) is 17.1 Å². The first-order chi connectivity index (χ1) is 15.4. The first-order valence-electron chi connectivity index (χ1n) is 9.54. The van der Waals surface area contributed by atoms with Gasteiger partial charge in [-0.2, -0.15) is 9.61 Å². The molecule has 1 amide bonds. The molecule has 0 aliphatic rings. The number of aromatic nitrogens is 4. The Morgan fingerprint density at radius 1 is 1.06 bits per heavy atom. The summed E-state index contributed by atoms with van der Waals surface area (Å²) in [5, 5.41) is 19.5. The minimum Gasteiger partial charge on any atom is -0.493 e. The molecule has 2 aromatic heterocycles. The number of carbonyl (C=O) groups is 1. The zero-order valence-electron chi connectivity index (χ0n) is 17.8. The Morgan fingerprint density at radius 3 is 2.56 bits per heavy atom. The van der Waals surface area contributed by atoms with Crippen molar-refractivity contribution in [2.24, 2.45) is 0 Å². The average Bonchev–Trinajstić information content (AvgIpc) is 3.36. The minimum absolute atomic E-state index is 0.180. The standard InChI is InChI=1S/C21H20N6O3S2/c1-11-5-6-14(19-26-27-12(2)24-25-21(27)32-19)9-15(11)22-20(31)23-18(28)13-7-8-16(29-3)17(10-13)30-4/h5-10H,1-4H3,(H2,22,23,28,31). The topological polar surface area (TPSA) is 103 Å². The third kappa shape index (κ3) is 4.25. The highest BCUT2D eigenvalue weighted by atomic mass is 32.1. The number of benzene rings is 2. The fourth-order valence-electron chi connectivity index (χ4n) is 3.03. The van der Waals surface area contributed by atoms with Crippen LogP contribution in [0, 0.1) is 13.8 Å². The molecular formula is C21H20N6O3S2. The van der Waals surface area contributed by atoms with Crippen LogP contribution in [0.15, 0.2) is 36.4 Å². The van der Waals surface area contributed by atoms with Crippen LogP contribution < -0.4 is 20.1 Å². The fourth-order valence-corrected chi connectivity index (χ4v) is 4.11. The summed E-state index contributed by atoms with van der Waals surface area (Å²) in [5.74, 6) is 1.37. The number of fused-ring (bicyclic) bond motifs is 1. The molecule has 0 radical (unpaired) electrons. The van der Waals surface area contributed by atoms with Crippen LogP contribution in [0.1, 0.15) is 21.7 Å². The molecule has 0 saturated heterocycles. The molecule has 0 aliphatic carbocycles. The van der Waals surface area contributed by atoms with E-state index in [2.05, 4.69) is 25.9 Å². The van der Waals surface area contributed by atoms with Crippen LogP contribution in [0.5, 0.6) is 11.5 Å². The van der Waals surface area contributed by atoms with Gasteiger partial charge in [-0.3, -0.25) is 10.1 Å². The molecular weight excluding hydrogens is 448 g/mol.